The Morgan fingerprint density at radius 2 is 2.00 bits per heavy atom. The first-order chi connectivity index (χ1) is 9.11. The number of nitrogens with zero attached hydrogens (tertiary/aromatic N) is 2. The minimum absolute atomic E-state index is 0.0861. The summed E-state index contributed by atoms with van der Waals surface area (Å²) in [6.07, 6.45) is 1.16. The zero-order chi connectivity index (χ0) is 13.8. The van der Waals surface area contributed by atoms with Gasteiger partial charge in [-0.3, -0.25) is 9.69 Å². The molecule has 0 atom stereocenters. The van der Waals surface area contributed by atoms with E-state index in [1.807, 2.05) is 4.90 Å². The molecule has 19 heavy (non-hydrogen) atoms. The molecule has 1 heterocycles. The Morgan fingerprint density at radius 1 is 1.32 bits per heavy atom. The highest BCUT2D eigenvalue weighted by atomic mass is 79.9. The highest BCUT2D eigenvalue weighted by Gasteiger charge is 2.22. The quantitative estimate of drug-likeness (QED) is 0.867. The zero-order valence-corrected chi connectivity index (χ0v) is 12.8. The van der Waals surface area contributed by atoms with Crippen LogP contribution in [0.2, 0.25) is 0 Å². The summed E-state index contributed by atoms with van der Waals surface area (Å²) in [6, 6.07) is 5.34. The first kappa shape index (κ1) is 14.3. The van der Waals surface area contributed by atoms with E-state index in [-0.39, 0.29) is 5.91 Å². The molecule has 0 unspecified atom stereocenters. The SMILES string of the molecule is CCCN1CCN(C(=O)c2ccc(N)cc2Br)CC1. The largest absolute Gasteiger partial charge is 0.399 e. The van der Waals surface area contributed by atoms with Crippen LogP contribution in [0.4, 0.5) is 5.69 Å². The molecule has 0 spiro atoms. The van der Waals surface area contributed by atoms with Crippen LogP contribution in [0.3, 0.4) is 0 Å². The molecule has 1 aliphatic rings. The smallest absolute Gasteiger partial charge is 0.255 e. The molecule has 0 saturated carbocycles. The number of hydrogen-bond donors (Lipinski definition) is 1. The van der Waals surface area contributed by atoms with Crippen LogP contribution in [0.1, 0.15) is 23.7 Å². The number of nitrogen functional groups attached to an aromatic ring is 1. The van der Waals surface area contributed by atoms with Gasteiger partial charge in [0.05, 0.1) is 5.56 Å². The Bertz CT molecular complexity index is 456. The standard InChI is InChI=1S/C14H20BrN3O/c1-2-5-17-6-8-18(9-7-17)14(19)12-4-3-11(16)10-13(12)15/h3-4,10H,2,5-9,16H2,1H3. The molecule has 0 bridgehead atoms. The van der Waals surface area contributed by atoms with Crippen LogP contribution in [-0.2, 0) is 0 Å². The summed E-state index contributed by atoms with van der Waals surface area (Å²) in [5, 5.41) is 0. The third-order valence-electron chi connectivity index (χ3n) is 3.42. The Labute approximate surface area is 122 Å². The van der Waals surface area contributed by atoms with Gasteiger partial charge in [0.25, 0.3) is 5.91 Å². The van der Waals surface area contributed by atoms with Crippen molar-refractivity contribution in [3.63, 3.8) is 0 Å². The van der Waals surface area contributed by atoms with Crippen molar-refractivity contribution in [3.05, 3.63) is 28.2 Å². The summed E-state index contributed by atoms with van der Waals surface area (Å²) >= 11 is 3.41. The van der Waals surface area contributed by atoms with Gasteiger partial charge in [0.2, 0.25) is 0 Å². The Hall–Kier alpha value is -1.07. The van der Waals surface area contributed by atoms with Gasteiger partial charge in [0.15, 0.2) is 0 Å². The fraction of sp³-hybridized carbons (Fsp3) is 0.500. The maximum absolute atomic E-state index is 12.4. The van der Waals surface area contributed by atoms with E-state index in [0.29, 0.717) is 11.3 Å². The lowest BCUT2D eigenvalue weighted by molar-refractivity contribution is 0.0636. The zero-order valence-electron chi connectivity index (χ0n) is 11.2. The lowest BCUT2D eigenvalue weighted by atomic mass is 10.1. The molecule has 1 amide bonds. The van der Waals surface area contributed by atoms with E-state index in [1.54, 1.807) is 18.2 Å². The molecule has 1 aliphatic heterocycles. The van der Waals surface area contributed by atoms with Crippen molar-refractivity contribution < 1.29 is 4.79 Å². The number of amides is 1. The average molecular weight is 326 g/mol. The summed E-state index contributed by atoms with van der Waals surface area (Å²) in [4.78, 5) is 16.8. The van der Waals surface area contributed by atoms with Crippen LogP contribution >= 0.6 is 15.9 Å². The van der Waals surface area contributed by atoms with Gasteiger partial charge in [-0.25, -0.2) is 0 Å². The normalized spacial score (nSPS) is 16.6. The van der Waals surface area contributed by atoms with Gasteiger partial charge in [0.1, 0.15) is 0 Å². The predicted molar refractivity (Wildman–Crippen MR) is 81.2 cm³/mol. The maximum atomic E-state index is 12.4. The first-order valence-electron chi connectivity index (χ1n) is 6.68. The van der Waals surface area contributed by atoms with Crippen molar-refractivity contribution in [2.75, 3.05) is 38.5 Å². The molecular weight excluding hydrogens is 306 g/mol. The predicted octanol–water partition coefficient (Wildman–Crippen LogP) is 2.20. The number of halogens is 1. The molecule has 2 rings (SSSR count). The number of rotatable bonds is 3. The van der Waals surface area contributed by atoms with Gasteiger partial charge in [0, 0.05) is 36.3 Å². The molecule has 104 valence electrons. The molecule has 4 nitrogen and oxygen atoms in total. The second-order valence-corrected chi connectivity index (χ2v) is 5.73. The number of carbonyl (C=O) groups excluding carboxylic acids is 1. The topological polar surface area (TPSA) is 49.6 Å². The number of hydrogen-bond acceptors (Lipinski definition) is 3. The van der Waals surface area contributed by atoms with E-state index < -0.39 is 0 Å². The van der Waals surface area contributed by atoms with Crippen LogP contribution in [0.25, 0.3) is 0 Å². The first-order valence-corrected chi connectivity index (χ1v) is 7.47. The van der Waals surface area contributed by atoms with Crippen molar-refractivity contribution in [3.8, 4) is 0 Å². The van der Waals surface area contributed by atoms with Gasteiger partial charge in [-0.2, -0.15) is 0 Å². The van der Waals surface area contributed by atoms with E-state index in [2.05, 4.69) is 27.8 Å². The Balaban J connectivity index is 2.01. The fourth-order valence-electron chi connectivity index (χ4n) is 2.37. The summed E-state index contributed by atoms with van der Waals surface area (Å²) in [5.74, 6) is 0.0861. The summed E-state index contributed by atoms with van der Waals surface area (Å²) in [5.41, 5.74) is 7.05. The average Bonchev–Trinajstić information content (AvgIpc) is 2.39. The fourth-order valence-corrected chi connectivity index (χ4v) is 2.93. The molecule has 1 aromatic rings. The molecular formula is C14H20BrN3O. The molecule has 0 aromatic heterocycles. The van der Waals surface area contributed by atoms with E-state index in [4.69, 9.17) is 5.73 Å². The number of carbonyl (C=O) groups is 1. The van der Waals surface area contributed by atoms with Crippen molar-refractivity contribution >= 4 is 27.5 Å². The molecule has 2 N–H and O–H groups in total. The van der Waals surface area contributed by atoms with Crippen molar-refractivity contribution in [1.29, 1.82) is 0 Å². The summed E-state index contributed by atoms with van der Waals surface area (Å²) < 4.78 is 0.772. The molecule has 1 fully saturated rings. The number of anilines is 1. The van der Waals surface area contributed by atoms with Crippen molar-refractivity contribution in [2.24, 2.45) is 0 Å². The van der Waals surface area contributed by atoms with E-state index in [0.717, 1.165) is 43.6 Å². The van der Waals surface area contributed by atoms with Gasteiger partial charge < -0.3 is 10.6 Å². The van der Waals surface area contributed by atoms with Crippen LogP contribution in [0, 0.1) is 0 Å². The number of nitrogens with two attached hydrogens (primary N) is 1. The summed E-state index contributed by atoms with van der Waals surface area (Å²) in [6.45, 7) is 6.83. The molecule has 1 saturated heterocycles. The van der Waals surface area contributed by atoms with Crippen molar-refractivity contribution in [2.45, 2.75) is 13.3 Å². The number of benzene rings is 1. The minimum atomic E-state index is 0.0861. The van der Waals surface area contributed by atoms with Crippen LogP contribution in [-0.4, -0.2) is 48.4 Å². The monoisotopic (exact) mass is 325 g/mol. The van der Waals surface area contributed by atoms with Gasteiger partial charge in [-0.15, -0.1) is 0 Å². The minimum Gasteiger partial charge on any atom is -0.399 e. The van der Waals surface area contributed by atoms with Crippen LogP contribution in [0.15, 0.2) is 22.7 Å². The van der Waals surface area contributed by atoms with E-state index in [9.17, 15) is 4.79 Å². The van der Waals surface area contributed by atoms with Crippen LogP contribution < -0.4 is 5.73 Å². The molecule has 1 aromatic carbocycles. The molecule has 5 heteroatoms. The van der Waals surface area contributed by atoms with Crippen LogP contribution in [0.5, 0.6) is 0 Å². The lowest BCUT2D eigenvalue weighted by Crippen LogP contribution is -2.48. The van der Waals surface area contributed by atoms with Gasteiger partial charge in [-0.05, 0) is 47.1 Å². The second-order valence-electron chi connectivity index (χ2n) is 4.87. The third kappa shape index (κ3) is 3.48. The van der Waals surface area contributed by atoms with Gasteiger partial charge >= 0.3 is 0 Å². The maximum Gasteiger partial charge on any atom is 0.255 e. The summed E-state index contributed by atoms with van der Waals surface area (Å²) in [7, 11) is 0. The number of piperazine rings is 1. The molecule has 0 aliphatic carbocycles. The van der Waals surface area contributed by atoms with Crippen molar-refractivity contribution in [1.82, 2.24) is 9.80 Å². The van der Waals surface area contributed by atoms with E-state index in [1.165, 1.54) is 0 Å². The third-order valence-corrected chi connectivity index (χ3v) is 4.08. The highest BCUT2D eigenvalue weighted by Crippen LogP contribution is 2.22. The highest BCUT2D eigenvalue weighted by molar-refractivity contribution is 9.10. The lowest BCUT2D eigenvalue weighted by Gasteiger charge is -2.34. The second kappa shape index (κ2) is 6.39. The van der Waals surface area contributed by atoms with Gasteiger partial charge in [-0.1, -0.05) is 6.92 Å². The molecule has 0 radical (unpaired) electrons. The Kier molecular flexibility index (Phi) is 4.82. The Morgan fingerprint density at radius 3 is 2.58 bits per heavy atom. The van der Waals surface area contributed by atoms with E-state index >= 15 is 0 Å².